The molecule has 0 heterocycles. The zero-order valence-electron chi connectivity index (χ0n) is 30.1. The Kier molecular flexibility index (Phi) is 15.5. The first kappa shape index (κ1) is 39.3. The summed E-state index contributed by atoms with van der Waals surface area (Å²) in [7, 11) is -2.23. The van der Waals surface area contributed by atoms with Gasteiger partial charge in [0.15, 0.2) is 16.6 Å². The minimum atomic E-state index is -2.03. The van der Waals surface area contributed by atoms with Crippen LogP contribution >= 0.6 is 0 Å². The lowest BCUT2D eigenvalue weighted by Crippen LogP contribution is -2.49. The average molecular weight is 625 g/mol. The number of ether oxygens (including phenoxy) is 2. The maximum atomic E-state index is 9.61. The molecular formula is C35H68O5Si2. The predicted molar refractivity (Wildman–Crippen MR) is 184 cm³/mol. The van der Waals surface area contributed by atoms with Crippen LogP contribution in [0.4, 0.5) is 0 Å². The van der Waals surface area contributed by atoms with Crippen LogP contribution in [0.25, 0.3) is 0 Å². The third kappa shape index (κ3) is 12.4. The van der Waals surface area contributed by atoms with E-state index < -0.39 is 16.6 Å². The largest absolute Gasteiger partial charge is 0.497 e. The Morgan fingerprint density at radius 3 is 1.81 bits per heavy atom. The molecule has 6 atom stereocenters. The Labute approximate surface area is 262 Å². The van der Waals surface area contributed by atoms with Gasteiger partial charge in [0.1, 0.15) is 5.75 Å². The Balaban J connectivity index is 3.32. The first-order chi connectivity index (χ1) is 19.1. The first-order valence-electron chi connectivity index (χ1n) is 16.3. The summed E-state index contributed by atoms with van der Waals surface area (Å²) in [6, 6.07) is 8.18. The van der Waals surface area contributed by atoms with Crippen molar-refractivity contribution in [1.82, 2.24) is 0 Å². The molecule has 5 nitrogen and oxygen atoms in total. The summed E-state index contributed by atoms with van der Waals surface area (Å²) in [5.41, 5.74) is 1.14. The summed E-state index contributed by atoms with van der Waals surface area (Å²) < 4.78 is 26.2. The monoisotopic (exact) mass is 624 g/mol. The molecule has 0 fully saturated rings. The van der Waals surface area contributed by atoms with Crippen LogP contribution in [0.1, 0.15) is 94.1 Å². The molecule has 42 heavy (non-hydrogen) atoms. The number of hydrogen-bond acceptors (Lipinski definition) is 5. The van der Waals surface area contributed by atoms with Gasteiger partial charge in [0.05, 0.1) is 25.9 Å². The van der Waals surface area contributed by atoms with Gasteiger partial charge >= 0.3 is 0 Å². The normalized spacial score (nSPS) is 17.8. The molecule has 0 aliphatic carbocycles. The van der Waals surface area contributed by atoms with E-state index in [2.05, 4.69) is 108 Å². The summed E-state index contributed by atoms with van der Waals surface area (Å²) in [5.74, 6) is 2.11. The molecule has 0 amide bonds. The SMILES string of the molecule is COc1ccc(CO[C@H]([C@@H](C)[C@@H](CC[C@H](C)C[C@H](C)CO)O[Si](C)(C)C(C)(C)C)[C@@H](C)CO[Si](C)(C)C(C)(C)C)cc1. The fraction of sp³-hybridized carbons (Fsp3) is 0.829. The highest BCUT2D eigenvalue weighted by Crippen LogP contribution is 2.41. The first-order valence-corrected chi connectivity index (χ1v) is 22.1. The Morgan fingerprint density at radius 1 is 0.786 bits per heavy atom. The number of hydrogen-bond donors (Lipinski definition) is 1. The van der Waals surface area contributed by atoms with E-state index in [-0.39, 0.29) is 40.7 Å². The highest BCUT2D eigenvalue weighted by atomic mass is 28.4. The van der Waals surface area contributed by atoms with Crippen molar-refractivity contribution in [2.24, 2.45) is 23.7 Å². The second-order valence-corrected chi connectivity index (χ2v) is 25.7. The summed E-state index contributed by atoms with van der Waals surface area (Å²) in [4.78, 5) is 0. The van der Waals surface area contributed by atoms with E-state index >= 15 is 0 Å². The van der Waals surface area contributed by atoms with Gasteiger partial charge in [-0.05, 0) is 85.1 Å². The fourth-order valence-corrected chi connectivity index (χ4v) is 7.48. The van der Waals surface area contributed by atoms with Crippen molar-refractivity contribution in [2.45, 2.75) is 144 Å². The summed E-state index contributed by atoms with van der Waals surface area (Å²) >= 11 is 0. The minimum Gasteiger partial charge on any atom is -0.497 e. The van der Waals surface area contributed by atoms with Gasteiger partial charge in [0.2, 0.25) is 0 Å². The molecule has 0 bridgehead atoms. The van der Waals surface area contributed by atoms with Crippen LogP contribution < -0.4 is 4.74 Å². The molecule has 0 spiro atoms. The fourth-order valence-electron chi connectivity index (χ4n) is 4.92. The second-order valence-electron chi connectivity index (χ2n) is 16.2. The van der Waals surface area contributed by atoms with E-state index in [1.54, 1.807) is 7.11 Å². The van der Waals surface area contributed by atoms with Gasteiger partial charge in [0, 0.05) is 25.0 Å². The van der Waals surface area contributed by atoms with E-state index in [1.165, 1.54) is 0 Å². The van der Waals surface area contributed by atoms with Crippen molar-refractivity contribution in [3.05, 3.63) is 29.8 Å². The molecule has 0 saturated carbocycles. The van der Waals surface area contributed by atoms with Crippen molar-refractivity contribution < 1.29 is 23.4 Å². The van der Waals surface area contributed by atoms with Gasteiger partial charge in [-0.1, -0.05) is 81.4 Å². The lowest BCUT2D eigenvalue weighted by molar-refractivity contribution is -0.0726. The molecule has 246 valence electrons. The lowest BCUT2D eigenvalue weighted by Gasteiger charge is -2.44. The minimum absolute atomic E-state index is 0.0155. The van der Waals surface area contributed by atoms with Crippen LogP contribution in [0.15, 0.2) is 24.3 Å². The summed E-state index contributed by atoms with van der Waals surface area (Å²) in [6.45, 7) is 33.8. The van der Waals surface area contributed by atoms with E-state index in [1.807, 2.05) is 12.1 Å². The van der Waals surface area contributed by atoms with E-state index in [9.17, 15) is 5.11 Å². The smallest absolute Gasteiger partial charge is 0.192 e. The van der Waals surface area contributed by atoms with Crippen molar-refractivity contribution in [3.63, 3.8) is 0 Å². The highest BCUT2D eigenvalue weighted by Gasteiger charge is 2.43. The molecule has 0 aliphatic heterocycles. The Bertz CT molecular complexity index is 888. The zero-order valence-corrected chi connectivity index (χ0v) is 32.1. The number of rotatable bonds is 18. The molecular weight excluding hydrogens is 557 g/mol. The van der Waals surface area contributed by atoms with Crippen molar-refractivity contribution in [1.29, 1.82) is 0 Å². The zero-order chi connectivity index (χ0) is 32.5. The van der Waals surface area contributed by atoms with Crippen LogP contribution in [0, 0.1) is 23.7 Å². The maximum Gasteiger partial charge on any atom is 0.192 e. The average Bonchev–Trinajstić information content (AvgIpc) is 2.88. The van der Waals surface area contributed by atoms with Gasteiger partial charge in [-0.25, -0.2) is 0 Å². The number of aliphatic hydroxyl groups excluding tert-OH is 1. The summed E-state index contributed by atoms with van der Waals surface area (Å²) in [5, 5.41) is 9.90. The molecule has 0 aliphatic rings. The van der Waals surface area contributed by atoms with Gasteiger partial charge in [-0.15, -0.1) is 0 Å². The van der Waals surface area contributed by atoms with E-state index in [0.717, 1.165) is 30.6 Å². The van der Waals surface area contributed by atoms with Gasteiger partial charge in [-0.3, -0.25) is 0 Å². The molecule has 0 saturated heterocycles. The van der Waals surface area contributed by atoms with Crippen LogP contribution in [-0.2, 0) is 20.2 Å². The maximum absolute atomic E-state index is 9.61. The van der Waals surface area contributed by atoms with E-state index in [4.69, 9.17) is 18.3 Å². The molecule has 1 aromatic carbocycles. The van der Waals surface area contributed by atoms with Crippen molar-refractivity contribution in [2.75, 3.05) is 20.3 Å². The van der Waals surface area contributed by atoms with Gasteiger partial charge in [0.25, 0.3) is 0 Å². The number of methoxy groups -OCH3 is 1. The lowest BCUT2D eigenvalue weighted by atomic mass is 9.85. The van der Waals surface area contributed by atoms with Crippen LogP contribution in [0.2, 0.25) is 36.3 Å². The van der Waals surface area contributed by atoms with Gasteiger partial charge in [-0.2, -0.15) is 0 Å². The molecule has 0 unspecified atom stereocenters. The summed E-state index contributed by atoms with van der Waals surface area (Å²) in [6.07, 6.45) is 3.18. The topological polar surface area (TPSA) is 57.2 Å². The van der Waals surface area contributed by atoms with Crippen molar-refractivity contribution in [3.8, 4) is 5.75 Å². The van der Waals surface area contributed by atoms with Crippen molar-refractivity contribution >= 4 is 16.6 Å². The molecule has 7 heteroatoms. The quantitative estimate of drug-likeness (QED) is 0.165. The Hall–Kier alpha value is -0.706. The number of aliphatic hydroxyl groups is 1. The standard InChI is InChI=1S/C35H68O5Si2/c1-26(22-27(2)23-36)16-21-32(40-42(14,15)35(8,9)10)29(4)33(28(3)24-39-41(12,13)34(5,6)7)38-25-30-17-19-31(37-11)20-18-30/h17-20,26-29,32-33,36H,16,21-25H2,1-15H3/t26-,27-,28-,29-,32+,33-/m0/s1. The molecule has 0 aromatic heterocycles. The molecule has 0 radical (unpaired) electrons. The highest BCUT2D eigenvalue weighted by molar-refractivity contribution is 6.74. The molecule has 1 aromatic rings. The van der Waals surface area contributed by atoms with Crippen LogP contribution in [0.3, 0.4) is 0 Å². The third-order valence-corrected chi connectivity index (χ3v) is 19.1. The van der Waals surface area contributed by atoms with Crippen LogP contribution in [0.5, 0.6) is 5.75 Å². The van der Waals surface area contributed by atoms with Gasteiger partial charge < -0.3 is 23.4 Å². The predicted octanol–water partition coefficient (Wildman–Crippen LogP) is 9.70. The molecule has 1 rings (SSSR count). The third-order valence-electron chi connectivity index (χ3n) is 10.1. The molecule has 1 N–H and O–H groups in total. The number of benzene rings is 1. The van der Waals surface area contributed by atoms with E-state index in [0.29, 0.717) is 25.0 Å². The second kappa shape index (κ2) is 16.6. The Morgan fingerprint density at radius 2 is 1.33 bits per heavy atom. The van der Waals surface area contributed by atoms with Crippen LogP contribution in [-0.4, -0.2) is 54.3 Å².